The number of nitrogens with one attached hydrogen (secondary N) is 2. The molecule has 8 nitrogen and oxygen atoms in total. The number of amides is 2. The van der Waals surface area contributed by atoms with Gasteiger partial charge in [-0.1, -0.05) is 54.0 Å². The number of benzene rings is 1. The minimum absolute atomic E-state index is 0.0179. The highest BCUT2D eigenvalue weighted by Gasteiger charge is 2.26. The van der Waals surface area contributed by atoms with Crippen LogP contribution in [0.15, 0.2) is 24.3 Å². The van der Waals surface area contributed by atoms with E-state index in [-0.39, 0.29) is 12.1 Å². The van der Waals surface area contributed by atoms with Crippen LogP contribution in [-0.4, -0.2) is 63.8 Å². The molecule has 0 spiro atoms. The van der Waals surface area contributed by atoms with Crippen molar-refractivity contribution in [1.82, 2.24) is 24.8 Å². The number of rotatable bonds is 5. The first-order valence-electron chi connectivity index (χ1n) is 12.0. The Morgan fingerprint density at radius 2 is 1.79 bits per heavy atom. The van der Waals surface area contributed by atoms with Gasteiger partial charge in [0, 0.05) is 43.8 Å². The predicted molar refractivity (Wildman–Crippen MR) is 134 cm³/mol. The summed E-state index contributed by atoms with van der Waals surface area (Å²) in [6, 6.07) is 9.20. The number of fused-ring (bicyclic) bond motifs is 1. The van der Waals surface area contributed by atoms with Crippen molar-refractivity contribution in [3.05, 3.63) is 29.8 Å². The lowest BCUT2D eigenvalue weighted by molar-refractivity contribution is 0.192. The summed E-state index contributed by atoms with van der Waals surface area (Å²) in [6.07, 6.45) is 4.93. The lowest BCUT2D eigenvalue weighted by Gasteiger charge is -2.34. The van der Waals surface area contributed by atoms with Crippen molar-refractivity contribution in [2.75, 3.05) is 36.4 Å². The summed E-state index contributed by atoms with van der Waals surface area (Å²) in [6.45, 7) is 9.03. The molecule has 0 bridgehead atoms. The fourth-order valence-corrected chi connectivity index (χ4v) is 5.56. The number of aryl methyl sites for hydroxylation is 1. The van der Waals surface area contributed by atoms with Gasteiger partial charge >= 0.3 is 6.03 Å². The molecule has 2 fully saturated rings. The van der Waals surface area contributed by atoms with Gasteiger partial charge in [0.05, 0.1) is 0 Å². The fourth-order valence-electron chi connectivity index (χ4n) is 4.61. The maximum atomic E-state index is 12.3. The van der Waals surface area contributed by atoms with Crippen LogP contribution in [-0.2, 0) is 0 Å². The molecule has 1 saturated carbocycles. The minimum atomic E-state index is 0.0179. The van der Waals surface area contributed by atoms with E-state index in [4.69, 9.17) is 10.1 Å². The average Bonchev–Trinajstić information content (AvgIpc) is 3.52. The zero-order valence-corrected chi connectivity index (χ0v) is 20.5. The second kappa shape index (κ2) is 9.21. The van der Waals surface area contributed by atoms with E-state index in [1.165, 1.54) is 31.2 Å². The first-order valence-corrected chi connectivity index (χ1v) is 12.8. The third-order valence-corrected chi connectivity index (χ3v) is 7.43. The van der Waals surface area contributed by atoms with E-state index >= 15 is 0 Å². The number of hydrogen-bond donors (Lipinski definition) is 2. The largest absolute Gasteiger partial charge is 0.365 e. The lowest BCUT2D eigenvalue weighted by Crippen LogP contribution is -2.52. The number of carbonyl (C=O) groups excluding carboxylic acids is 1. The molecule has 9 heteroatoms. The summed E-state index contributed by atoms with van der Waals surface area (Å²) in [5.74, 6) is 0.998. The molecule has 2 N–H and O–H groups in total. The van der Waals surface area contributed by atoms with E-state index in [0.29, 0.717) is 19.1 Å². The molecule has 0 unspecified atom stereocenters. The maximum Gasteiger partial charge on any atom is 0.317 e. The van der Waals surface area contributed by atoms with Crippen molar-refractivity contribution < 1.29 is 4.79 Å². The lowest BCUT2D eigenvalue weighted by atomic mass is 10.1. The van der Waals surface area contributed by atoms with Crippen molar-refractivity contribution in [1.29, 1.82) is 0 Å². The first kappa shape index (κ1) is 22.0. The van der Waals surface area contributed by atoms with Crippen LogP contribution in [0.1, 0.15) is 45.1 Å². The van der Waals surface area contributed by atoms with Gasteiger partial charge in [0.1, 0.15) is 5.69 Å². The van der Waals surface area contributed by atoms with Crippen LogP contribution in [0.25, 0.3) is 16.2 Å². The number of piperazine rings is 1. The average molecular weight is 468 g/mol. The fraction of sp³-hybridized carbons (Fsp3) is 0.542. The first-order chi connectivity index (χ1) is 16.0. The maximum absolute atomic E-state index is 12.3. The van der Waals surface area contributed by atoms with E-state index in [1.807, 2.05) is 23.3 Å². The number of nitrogens with zero attached hydrogens (tertiary/aromatic N) is 5. The summed E-state index contributed by atoms with van der Waals surface area (Å²) in [7, 11) is 0. The normalized spacial score (nSPS) is 17.3. The number of hydrogen-bond acceptors (Lipinski definition) is 6. The van der Waals surface area contributed by atoms with Gasteiger partial charge < -0.3 is 20.4 Å². The second-order valence-electron chi connectivity index (χ2n) is 9.46. The molecule has 1 aliphatic carbocycles. The van der Waals surface area contributed by atoms with Gasteiger partial charge in [-0.05, 0) is 33.6 Å². The molecule has 1 aromatic carbocycles. The van der Waals surface area contributed by atoms with Crippen LogP contribution >= 0.6 is 11.3 Å². The van der Waals surface area contributed by atoms with Gasteiger partial charge in [0.2, 0.25) is 10.1 Å². The highest BCUT2D eigenvalue weighted by atomic mass is 32.1. The zero-order valence-electron chi connectivity index (χ0n) is 19.7. The Hall–Kier alpha value is -2.81. The molecule has 2 amide bonds. The Balaban J connectivity index is 1.39. The SMILES string of the molecule is Cc1ccc(-c2nc3sc(N4CCN(C(=O)NC(C)C)CC4)nn3c2NC2CCCC2)cc1. The third-order valence-electron chi connectivity index (χ3n) is 6.46. The van der Waals surface area contributed by atoms with Crippen molar-refractivity contribution in [2.24, 2.45) is 0 Å². The van der Waals surface area contributed by atoms with Crippen molar-refractivity contribution in [3.8, 4) is 11.3 Å². The predicted octanol–water partition coefficient (Wildman–Crippen LogP) is 4.36. The van der Waals surface area contributed by atoms with Gasteiger partial charge in [-0.2, -0.15) is 4.52 Å². The van der Waals surface area contributed by atoms with E-state index in [1.54, 1.807) is 11.3 Å². The standard InChI is InChI=1S/C24H33N7OS/c1-16(2)25-22(32)29-12-14-30(15-13-29)24-28-31-21(26-19-6-4-5-7-19)20(27-23(31)33-24)18-10-8-17(3)9-11-18/h8-11,16,19,26H,4-7,12-15H2,1-3H3,(H,25,32). The topological polar surface area (TPSA) is 77.8 Å². The quantitative estimate of drug-likeness (QED) is 0.583. The molecule has 0 radical (unpaired) electrons. The van der Waals surface area contributed by atoms with E-state index < -0.39 is 0 Å². The Kier molecular flexibility index (Phi) is 6.14. The third kappa shape index (κ3) is 4.64. The molecule has 3 aromatic rings. The summed E-state index contributed by atoms with van der Waals surface area (Å²) in [4.78, 5) is 22.4. The van der Waals surface area contributed by atoms with Crippen LogP contribution in [0.4, 0.5) is 15.7 Å². The Bertz CT molecular complexity index is 1110. The van der Waals surface area contributed by atoms with E-state index in [0.717, 1.165) is 40.3 Å². The summed E-state index contributed by atoms with van der Waals surface area (Å²) < 4.78 is 1.99. The minimum Gasteiger partial charge on any atom is -0.365 e. The molecule has 2 aromatic heterocycles. The smallest absolute Gasteiger partial charge is 0.317 e. The van der Waals surface area contributed by atoms with E-state index in [9.17, 15) is 4.79 Å². The zero-order chi connectivity index (χ0) is 22.9. The molecular weight excluding hydrogens is 434 g/mol. The number of carbonyl (C=O) groups is 1. The number of aromatic nitrogens is 3. The monoisotopic (exact) mass is 467 g/mol. The van der Waals surface area contributed by atoms with Gasteiger partial charge in [-0.15, -0.1) is 5.10 Å². The Morgan fingerprint density at radius 1 is 1.09 bits per heavy atom. The summed E-state index contributed by atoms with van der Waals surface area (Å²) >= 11 is 1.62. The van der Waals surface area contributed by atoms with Crippen LogP contribution in [0.5, 0.6) is 0 Å². The van der Waals surface area contributed by atoms with Gasteiger partial charge in [-0.25, -0.2) is 9.78 Å². The van der Waals surface area contributed by atoms with E-state index in [2.05, 4.69) is 46.7 Å². The number of imidazole rings is 1. The van der Waals surface area contributed by atoms with Gasteiger partial charge in [0.15, 0.2) is 5.82 Å². The Morgan fingerprint density at radius 3 is 2.45 bits per heavy atom. The highest BCUT2D eigenvalue weighted by Crippen LogP contribution is 2.35. The van der Waals surface area contributed by atoms with Gasteiger partial charge in [-0.3, -0.25) is 0 Å². The van der Waals surface area contributed by atoms with Crippen molar-refractivity contribution in [2.45, 2.75) is 58.5 Å². The molecule has 2 aliphatic rings. The number of anilines is 2. The van der Waals surface area contributed by atoms with Crippen molar-refractivity contribution in [3.63, 3.8) is 0 Å². The van der Waals surface area contributed by atoms with Crippen LogP contribution < -0.4 is 15.5 Å². The van der Waals surface area contributed by atoms with Gasteiger partial charge in [0.25, 0.3) is 0 Å². The van der Waals surface area contributed by atoms with Crippen LogP contribution in [0, 0.1) is 6.92 Å². The highest BCUT2D eigenvalue weighted by molar-refractivity contribution is 7.20. The molecule has 3 heterocycles. The molecule has 1 saturated heterocycles. The molecule has 0 atom stereocenters. The molecule has 5 rings (SSSR count). The second-order valence-corrected chi connectivity index (χ2v) is 10.4. The van der Waals surface area contributed by atoms with Crippen LogP contribution in [0.2, 0.25) is 0 Å². The van der Waals surface area contributed by atoms with Crippen molar-refractivity contribution >= 4 is 33.3 Å². The molecule has 176 valence electrons. The molecular formula is C24H33N7OS. The van der Waals surface area contributed by atoms with Crippen LogP contribution in [0.3, 0.4) is 0 Å². The molecule has 1 aliphatic heterocycles. The molecule has 33 heavy (non-hydrogen) atoms. The summed E-state index contributed by atoms with van der Waals surface area (Å²) in [5, 5.41) is 12.7. The number of urea groups is 1. The Labute approximate surface area is 199 Å². The summed E-state index contributed by atoms with van der Waals surface area (Å²) in [5.41, 5.74) is 3.33.